The molecule has 0 amide bonds. The van der Waals surface area contributed by atoms with E-state index >= 15 is 0 Å². The summed E-state index contributed by atoms with van der Waals surface area (Å²) in [5.41, 5.74) is 4.43. The van der Waals surface area contributed by atoms with E-state index in [2.05, 4.69) is 83.8 Å². The van der Waals surface area contributed by atoms with Gasteiger partial charge in [-0.1, -0.05) is 84.9 Å². The van der Waals surface area contributed by atoms with E-state index < -0.39 is 5.60 Å². The van der Waals surface area contributed by atoms with Crippen LogP contribution in [0.25, 0.3) is 0 Å². The molecule has 1 aliphatic heterocycles. The number of likely N-dealkylation sites (tertiary alicyclic amines) is 1. The molecule has 0 N–H and O–H groups in total. The largest absolute Gasteiger partial charge is 0.454 e. The molecule has 1 saturated heterocycles. The van der Waals surface area contributed by atoms with Crippen molar-refractivity contribution >= 4 is 18.4 Å². The Morgan fingerprint density at radius 2 is 1.39 bits per heavy atom. The van der Waals surface area contributed by atoms with E-state index in [0.717, 1.165) is 44.5 Å². The molecule has 3 aromatic rings. The Balaban J connectivity index is 0.00000272. The second-order valence-electron chi connectivity index (χ2n) is 8.17. The lowest BCUT2D eigenvalue weighted by atomic mass is 9.80. The molecule has 0 saturated carbocycles. The summed E-state index contributed by atoms with van der Waals surface area (Å²) in [5.74, 6) is -0.207. The minimum absolute atomic E-state index is 0. The van der Waals surface area contributed by atoms with Crippen molar-refractivity contribution in [1.29, 1.82) is 0 Å². The number of carbonyl (C=O) groups excluding carboxylic acids is 1. The van der Waals surface area contributed by atoms with Crippen molar-refractivity contribution in [2.75, 3.05) is 13.1 Å². The first-order chi connectivity index (χ1) is 14.6. The number of esters is 1. The first-order valence-electron chi connectivity index (χ1n) is 10.7. The molecule has 4 rings (SSSR count). The van der Waals surface area contributed by atoms with Crippen molar-refractivity contribution < 1.29 is 9.53 Å². The number of hydrogen-bond acceptors (Lipinski definition) is 3. The normalized spacial score (nSPS) is 15.6. The van der Waals surface area contributed by atoms with Gasteiger partial charge in [0.1, 0.15) is 5.60 Å². The van der Waals surface area contributed by atoms with Crippen molar-refractivity contribution in [3.63, 3.8) is 0 Å². The van der Waals surface area contributed by atoms with Crippen LogP contribution in [-0.2, 0) is 28.1 Å². The highest BCUT2D eigenvalue weighted by atomic mass is 35.5. The van der Waals surface area contributed by atoms with Crippen molar-refractivity contribution in [2.24, 2.45) is 0 Å². The monoisotopic (exact) mass is 435 g/mol. The van der Waals surface area contributed by atoms with Gasteiger partial charge in [0, 0.05) is 39.4 Å². The number of hydrogen-bond donors (Lipinski definition) is 0. The maximum atomic E-state index is 12.1. The van der Waals surface area contributed by atoms with Crippen LogP contribution in [0.3, 0.4) is 0 Å². The fourth-order valence-electron chi connectivity index (χ4n) is 4.55. The van der Waals surface area contributed by atoms with E-state index in [4.69, 9.17) is 4.74 Å². The summed E-state index contributed by atoms with van der Waals surface area (Å²) in [7, 11) is 0. The molecule has 0 atom stereocenters. The average Bonchev–Trinajstić information content (AvgIpc) is 2.77. The summed E-state index contributed by atoms with van der Waals surface area (Å²) in [6, 6.07) is 29.5. The number of nitrogens with zero attached hydrogens (tertiary/aromatic N) is 1. The molecule has 0 aromatic heterocycles. The lowest BCUT2D eigenvalue weighted by molar-refractivity contribution is -0.164. The fraction of sp³-hybridized carbons (Fsp3) is 0.296. The van der Waals surface area contributed by atoms with Crippen LogP contribution in [0.5, 0.6) is 0 Å². The molecule has 0 spiro atoms. The van der Waals surface area contributed by atoms with Crippen LogP contribution < -0.4 is 0 Å². The zero-order valence-corrected chi connectivity index (χ0v) is 18.8. The quantitative estimate of drug-likeness (QED) is 0.461. The lowest BCUT2D eigenvalue weighted by Gasteiger charge is -2.42. The number of piperidine rings is 1. The smallest absolute Gasteiger partial charge is 0.303 e. The molecule has 0 unspecified atom stereocenters. The molecule has 0 aliphatic carbocycles. The Labute approximate surface area is 191 Å². The number of rotatable bonds is 6. The summed E-state index contributed by atoms with van der Waals surface area (Å²) < 4.78 is 6.08. The molecule has 1 fully saturated rings. The third-order valence-corrected chi connectivity index (χ3v) is 6.00. The zero-order chi connectivity index (χ0) is 20.8. The Morgan fingerprint density at radius 1 is 0.839 bits per heavy atom. The Morgan fingerprint density at radius 3 is 2.00 bits per heavy atom. The van der Waals surface area contributed by atoms with Crippen LogP contribution in [0.1, 0.15) is 42.0 Å². The predicted molar refractivity (Wildman–Crippen MR) is 127 cm³/mol. The average molecular weight is 436 g/mol. The molecular weight excluding hydrogens is 406 g/mol. The molecule has 1 aliphatic rings. The molecule has 0 bridgehead atoms. The van der Waals surface area contributed by atoms with Gasteiger partial charge in [-0.2, -0.15) is 0 Å². The fourth-order valence-corrected chi connectivity index (χ4v) is 4.55. The SMILES string of the molecule is CC(=O)OC1(c2ccccc2Cc2ccccc2)CCN(Cc2ccccc2)CC1.Cl. The van der Waals surface area contributed by atoms with Crippen LogP contribution in [0.15, 0.2) is 84.9 Å². The number of carbonyl (C=O) groups is 1. The molecule has 0 radical (unpaired) electrons. The minimum atomic E-state index is -0.551. The summed E-state index contributed by atoms with van der Waals surface area (Å²) >= 11 is 0. The second kappa shape index (κ2) is 10.6. The number of benzene rings is 3. The Bertz CT molecular complexity index is 967. The highest BCUT2D eigenvalue weighted by molar-refractivity contribution is 5.85. The van der Waals surface area contributed by atoms with Crippen molar-refractivity contribution in [1.82, 2.24) is 4.90 Å². The van der Waals surface area contributed by atoms with Crippen LogP contribution in [0.2, 0.25) is 0 Å². The Hall–Kier alpha value is -2.62. The summed E-state index contributed by atoms with van der Waals surface area (Å²) in [6.07, 6.45) is 2.46. The lowest BCUT2D eigenvalue weighted by Crippen LogP contribution is -2.45. The highest BCUT2D eigenvalue weighted by Gasteiger charge is 2.40. The molecular formula is C27H30ClNO2. The molecule has 4 heteroatoms. The van der Waals surface area contributed by atoms with Gasteiger partial charge in [0.2, 0.25) is 0 Å². The van der Waals surface area contributed by atoms with Gasteiger partial charge in [0.05, 0.1) is 0 Å². The van der Waals surface area contributed by atoms with Gasteiger partial charge in [-0.25, -0.2) is 0 Å². The summed E-state index contributed by atoms with van der Waals surface area (Å²) in [6.45, 7) is 4.27. The van der Waals surface area contributed by atoms with E-state index in [9.17, 15) is 4.79 Å². The van der Waals surface area contributed by atoms with E-state index in [-0.39, 0.29) is 18.4 Å². The molecule has 3 aromatic carbocycles. The zero-order valence-electron chi connectivity index (χ0n) is 18.0. The predicted octanol–water partition coefficient (Wildman–Crippen LogP) is 5.75. The minimum Gasteiger partial charge on any atom is -0.454 e. The van der Waals surface area contributed by atoms with Crippen molar-refractivity contribution in [3.8, 4) is 0 Å². The summed E-state index contributed by atoms with van der Waals surface area (Å²) in [5, 5.41) is 0. The Kier molecular flexibility index (Phi) is 7.89. The second-order valence-corrected chi connectivity index (χ2v) is 8.17. The first kappa shape index (κ1) is 23.1. The number of halogens is 1. The molecule has 3 nitrogen and oxygen atoms in total. The van der Waals surface area contributed by atoms with Crippen LogP contribution in [0.4, 0.5) is 0 Å². The van der Waals surface area contributed by atoms with Gasteiger partial charge in [-0.05, 0) is 28.7 Å². The van der Waals surface area contributed by atoms with Gasteiger partial charge in [0.15, 0.2) is 0 Å². The molecule has 1 heterocycles. The molecule has 31 heavy (non-hydrogen) atoms. The van der Waals surface area contributed by atoms with E-state index in [0.29, 0.717) is 0 Å². The van der Waals surface area contributed by atoms with Gasteiger partial charge >= 0.3 is 5.97 Å². The third-order valence-electron chi connectivity index (χ3n) is 6.00. The van der Waals surface area contributed by atoms with Gasteiger partial charge in [-0.3, -0.25) is 9.69 Å². The van der Waals surface area contributed by atoms with Gasteiger partial charge in [-0.15, -0.1) is 12.4 Å². The van der Waals surface area contributed by atoms with E-state index in [1.165, 1.54) is 23.6 Å². The third kappa shape index (κ3) is 5.75. The standard InChI is InChI=1S/C27H29NO2.ClH/c1-22(29)30-27(16-18-28(19-17-27)21-24-12-6-3-7-13-24)26-15-9-8-14-25(26)20-23-10-4-2-5-11-23;/h2-15H,16-21H2,1H3;1H. The first-order valence-corrected chi connectivity index (χ1v) is 10.7. The summed E-state index contributed by atoms with van der Waals surface area (Å²) in [4.78, 5) is 14.6. The van der Waals surface area contributed by atoms with Crippen molar-refractivity contribution in [3.05, 3.63) is 107 Å². The highest BCUT2D eigenvalue weighted by Crippen LogP contribution is 2.39. The van der Waals surface area contributed by atoms with Crippen molar-refractivity contribution in [2.45, 2.75) is 38.3 Å². The van der Waals surface area contributed by atoms with Crippen LogP contribution in [0, 0.1) is 0 Å². The van der Waals surface area contributed by atoms with Gasteiger partial charge in [0.25, 0.3) is 0 Å². The number of ether oxygens (including phenoxy) is 1. The van der Waals surface area contributed by atoms with Crippen LogP contribution in [-0.4, -0.2) is 24.0 Å². The van der Waals surface area contributed by atoms with Crippen LogP contribution >= 0.6 is 12.4 Å². The van der Waals surface area contributed by atoms with E-state index in [1.807, 2.05) is 6.07 Å². The van der Waals surface area contributed by atoms with Gasteiger partial charge < -0.3 is 4.74 Å². The maximum Gasteiger partial charge on any atom is 0.303 e. The molecule has 162 valence electrons. The topological polar surface area (TPSA) is 29.5 Å². The maximum absolute atomic E-state index is 12.1. The van der Waals surface area contributed by atoms with E-state index in [1.54, 1.807) is 0 Å².